The van der Waals surface area contributed by atoms with Gasteiger partial charge in [-0.25, -0.2) is 9.59 Å². The third kappa shape index (κ3) is 6.54. The maximum Gasteiger partial charge on any atom is 0.326 e. The predicted octanol–water partition coefficient (Wildman–Crippen LogP) is 1.80. The van der Waals surface area contributed by atoms with Crippen LogP contribution in [0.3, 0.4) is 0 Å². The number of thioether (sulfide) groups is 1. The SMILES string of the molecule is C=C(C)CN(CC)C(=O)N[C@H](CCSC)C(=O)O. The van der Waals surface area contributed by atoms with Crippen molar-refractivity contribution in [3.63, 3.8) is 0 Å². The number of amides is 2. The predicted molar refractivity (Wildman–Crippen MR) is 75.0 cm³/mol. The Hall–Kier alpha value is -1.17. The van der Waals surface area contributed by atoms with Crippen LogP contribution in [0.2, 0.25) is 0 Å². The summed E-state index contributed by atoms with van der Waals surface area (Å²) in [4.78, 5) is 24.4. The summed E-state index contributed by atoms with van der Waals surface area (Å²) >= 11 is 1.56. The first-order chi connectivity index (χ1) is 8.42. The molecule has 0 saturated carbocycles. The second-order valence-corrected chi connectivity index (χ2v) is 5.08. The molecule has 2 amide bonds. The highest BCUT2D eigenvalue weighted by Gasteiger charge is 2.21. The Morgan fingerprint density at radius 3 is 2.50 bits per heavy atom. The molecule has 6 heteroatoms. The van der Waals surface area contributed by atoms with Crippen molar-refractivity contribution in [2.45, 2.75) is 26.3 Å². The topological polar surface area (TPSA) is 69.6 Å². The fourth-order valence-electron chi connectivity index (χ4n) is 1.39. The Labute approximate surface area is 113 Å². The molecule has 0 spiro atoms. The van der Waals surface area contributed by atoms with Crippen LogP contribution in [0.4, 0.5) is 4.79 Å². The lowest BCUT2D eigenvalue weighted by Crippen LogP contribution is -2.48. The van der Waals surface area contributed by atoms with Gasteiger partial charge in [0.2, 0.25) is 0 Å². The number of carboxylic acid groups (broad SMARTS) is 1. The molecule has 5 nitrogen and oxygen atoms in total. The average molecular weight is 274 g/mol. The number of nitrogens with zero attached hydrogens (tertiary/aromatic N) is 1. The van der Waals surface area contributed by atoms with Gasteiger partial charge in [-0.05, 0) is 32.3 Å². The van der Waals surface area contributed by atoms with E-state index in [-0.39, 0.29) is 6.03 Å². The zero-order chi connectivity index (χ0) is 14.1. The van der Waals surface area contributed by atoms with Gasteiger partial charge in [0, 0.05) is 13.1 Å². The van der Waals surface area contributed by atoms with Gasteiger partial charge in [-0.3, -0.25) is 0 Å². The summed E-state index contributed by atoms with van der Waals surface area (Å²) in [5, 5.41) is 11.6. The van der Waals surface area contributed by atoms with Crippen LogP contribution in [0.25, 0.3) is 0 Å². The first-order valence-corrected chi connectivity index (χ1v) is 7.23. The van der Waals surface area contributed by atoms with Crippen molar-refractivity contribution >= 4 is 23.8 Å². The molecule has 0 heterocycles. The third-order valence-electron chi connectivity index (χ3n) is 2.34. The molecule has 0 radical (unpaired) electrons. The van der Waals surface area contributed by atoms with Gasteiger partial charge in [0.15, 0.2) is 0 Å². The number of urea groups is 1. The molecule has 0 bridgehead atoms. The Bertz CT molecular complexity index is 308. The maximum atomic E-state index is 11.9. The van der Waals surface area contributed by atoms with Gasteiger partial charge in [0.1, 0.15) is 6.04 Å². The zero-order valence-corrected chi connectivity index (χ0v) is 12.0. The maximum absolute atomic E-state index is 11.9. The molecule has 2 N–H and O–H groups in total. The van der Waals surface area contributed by atoms with Gasteiger partial charge in [0.05, 0.1) is 0 Å². The largest absolute Gasteiger partial charge is 0.480 e. The minimum absolute atomic E-state index is 0.353. The first-order valence-electron chi connectivity index (χ1n) is 5.83. The molecule has 104 valence electrons. The lowest BCUT2D eigenvalue weighted by Gasteiger charge is -2.24. The number of hydrogen-bond donors (Lipinski definition) is 2. The van der Waals surface area contributed by atoms with Gasteiger partial charge in [-0.15, -0.1) is 0 Å². The van der Waals surface area contributed by atoms with Crippen LogP contribution in [0.1, 0.15) is 20.3 Å². The van der Waals surface area contributed by atoms with Gasteiger partial charge >= 0.3 is 12.0 Å². The van der Waals surface area contributed by atoms with Crippen molar-refractivity contribution in [3.8, 4) is 0 Å². The molecule has 0 fully saturated rings. The van der Waals surface area contributed by atoms with Crippen molar-refractivity contribution < 1.29 is 14.7 Å². The van der Waals surface area contributed by atoms with Gasteiger partial charge in [-0.2, -0.15) is 11.8 Å². The monoisotopic (exact) mass is 274 g/mol. The molecular weight excluding hydrogens is 252 g/mol. The van der Waals surface area contributed by atoms with E-state index < -0.39 is 12.0 Å². The quantitative estimate of drug-likeness (QED) is 0.662. The van der Waals surface area contributed by atoms with Crippen LogP contribution in [0.5, 0.6) is 0 Å². The second-order valence-electron chi connectivity index (χ2n) is 4.09. The smallest absolute Gasteiger partial charge is 0.326 e. The number of carbonyl (C=O) groups excluding carboxylic acids is 1. The van der Waals surface area contributed by atoms with Crippen LogP contribution in [0.15, 0.2) is 12.2 Å². The van der Waals surface area contributed by atoms with E-state index in [0.29, 0.717) is 25.3 Å². The Kier molecular flexibility index (Phi) is 8.28. The van der Waals surface area contributed by atoms with Gasteiger partial charge in [-0.1, -0.05) is 12.2 Å². The molecule has 0 aromatic heterocycles. The summed E-state index contributed by atoms with van der Waals surface area (Å²) < 4.78 is 0. The van der Waals surface area contributed by atoms with Crippen molar-refractivity contribution in [3.05, 3.63) is 12.2 Å². The van der Waals surface area contributed by atoms with Crippen molar-refractivity contribution in [1.29, 1.82) is 0 Å². The first kappa shape index (κ1) is 16.8. The summed E-state index contributed by atoms with van der Waals surface area (Å²) in [6.45, 7) is 8.39. The second kappa shape index (κ2) is 8.85. The van der Waals surface area contributed by atoms with E-state index in [4.69, 9.17) is 5.11 Å². The number of aliphatic carboxylic acids is 1. The number of carbonyl (C=O) groups is 2. The Morgan fingerprint density at radius 2 is 2.11 bits per heavy atom. The number of rotatable bonds is 8. The molecule has 0 aliphatic carbocycles. The number of hydrogen-bond acceptors (Lipinski definition) is 3. The van der Waals surface area contributed by atoms with E-state index in [1.54, 1.807) is 11.8 Å². The summed E-state index contributed by atoms with van der Waals surface area (Å²) in [6, 6.07) is -1.18. The molecular formula is C12H22N2O3S. The fraction of sp³-hybridized carbons (Fsp3) is 0.667. The Morgan fingerprint density at radius 1 is 1.50 bits per heavy atom. The molecule has 0 aromatic rings. The fourth-order valence-corrected chi connectivity index (χ4v) is 1.86. The van der Waals surface area contributed by atoms with E-state index in [1.165, 1.54) is 4.90 Å². The highest BCUT2D eigenvalue weighted by Crippen LogP contribution is 2.03. The van der Waals surface area contributed by atoms with E-state index in [9.17, 15) is 9.59 Å². The van der Waals surface area contributed by atoms with Crippen LogP contribution in [-0.4, -0.2) is 53.1 Å². The summed E-state index contributed by atoms with van der Waals surface area (Å²) in [5.41, 5.74) is 0.864. The minimum Gasteiger partial charge on any atom is -0.480 e. The van der Waals surface area contributed by atoms with Gasteiger partial charge < -0.3 is 15.3 Å². The summed E-state index contributed by atoms with van der Waals surface area (Å²) in [7, 11) is 0. The zero-order valence-electron chi connectivity index (χ0n) is 11.2. The molecule has 0 saturated heterocycles. The van der Waals surface area contributed by atoms with E-state index >= 15 is 0 Å². The number of nitrogens with one attached hydrogen (secondary N) is 1. The summed E-state index contributed by atoms with van der Waals surface area (Å²) in [5.74, 6) is -0.298. The molecule has 1 atom stereocenters. The van der Waals surface area contributed by atoms with Crippen LogP contribution in [-0.2, 0) is 4.79 Å². The molecule has 18 heavy (non-hydrogen) atoms. The van der Waals surface area contributed by atoms with Crippen molar-refractivity contribution in [2.75, 3.05) is 25.1 Å². The molecule has 0 rings (SSSR count). The normalized spacial score (nSPS) is 11.7. The van der Waals surface area contributed by atoms with Crippen molar-refractivity contribution in [1.82, 2.24) is 10.2 Å². The van der Waals surface area contributed by atoms with Crippen molar-refractivity contribution in [2.24, 2.45) is 0 Å². The van der Waals surface area contributed by atoms with Crippen LogP contribution >= 0.6 is 11.8 Å². The van der Waals surface area contributed by atoms with E-state index in [0.717, 1.165) is 5.57 Å². The summed E-state index contributed by atoms with van der Waals surface area (Å²) in [6.07, 6.45) is 2.33. The molecule has 0 aliphatic heterocycles. The van der Waals surface area contributed by atoms with E-state index in [2.05, 4.69) is 11.9 Å². The third-order valence-corrected chi connectivity index (χ3v) is 2.98. The molecule has 0 unspecified atom stereocenters. The number of carboxylic acids is 1. The molecule has 0 aromatic carbocycles. The van der Waals surface area contributed by atoms with Crippen LogP contribution < -0.4 is 5.32 Å². The van der Waals surface area contributed by atoms with Gasteiger partial charge in [0.25, 0.3) is 0 Å². The van der Waals surface area contributed by atoms with E-state index in [1.807, 2.05) is 20.1 Å². The standard InChI is InChI=1S/C12H22N2O3S/c1-5-14(8-9(2)3)12(17)13-10(11(15)16)6-7-18-4/h10H,2,5-8H2,1,3-4H3,(H,13,17)(H,15,16)/t10-/m1/s1. The average Bonchev–Trinajstić information content (AvgIpc) is 2.30. The molecule has 0 aliphatic rings. The highest BCUT2D eigenvalue weighted by molar-refractivity contribution is 7.98. The lowest BCUT2D eigenvalue weighted by atomic mass is 10.2. The number of likely N-dealkylation sites (N-methyl/N-ethyl adjacent to an activating group) is 1. The lowest BCUT2D eigenvalue weighted by molar-refractivity contribution is -0.139. The minimum atomic E-state index is -0.997. The van der Waals surface area contributed by atoms with Crippen LogP contribution in [0, 0.1) is 0 Å². The highest BCUT2D eigenvalue weighted by atomic mass is 32.2. The Balaban J connectivity index is 4.46.